The van der Waals surface area contributed by atoms with Gasteiger partial charge < -0.3 is 9.64 Å². The van der Waals surface area contributed by atoms with Crippen LogP contribution in [0.3, 0.4) is 0 Å². The molecule has 0 atom stereocenters. The highest BCUT2D eigenvalue weighted by Gasteiger charge is 2.26. The van der Waals surface area contributed by atoms with E-state index in [-0.39, 0.29) is 11.3 Å². The second-order valence-corrected chi connectivity index (χ2v) is 8.37. The Morgan fingerprint density at radius 1 is 0.867 bits per heavy atom. The van der Waals surface area contributed by atoms with Gasteiger partial charge in [-0.3, -0.25) is 4.79 Å². The minimum absolute atomic E-state index is 0.141. The van der Waals surface area contributed by atoms with E-state index in [2.05, 4.69) is 20.8 Å². The van der Waals surface area contributed by atoms with E-state index in [1.807, 2.05) is 55.5 Å². The maximum atomic E-state index is 13.1. The van der Waals surface area contributed by atoms with Crippen molar-refractivity contribution in [3.05, 3.63) is 95.1 Å². The predicted octanol–water partition coefficient (Wildman–Crippen LogP) is 5.79. The minimum atomic E-state index is -0.484. The quantitative estimate of drug-likeness (QED) is 0.411. The summed E-state index contributed by atoms with van der Waals surface area (Å²) in [4.78, 5) is 27.8. The molecule has 0 aliphatic rings. The molecule has 3 aromatic rings. The summed E-state index contributed by atoms with van der Waals surface area (Å²) in [6.45, 7) is 8.19. The van der Waals surface area contributed by atoms with Gasteiger partial charge in [0.1, 0.15) is 5.75 Å². The van der Waals surface area contributed by atoms with Gasteiger partial charge in [0.25, 0.3) is 5.91 Å². The lowest BCUT2D eigenvalue weighted by molar-refractivity contribution is 0.0734. The predicted molar refractivity (Wildman–Crippen MR) is 120 cm³/mol. The van der Waals surface area contributed by atoms with Gasteiger partial charge in [0.2, 0.25) is 0 Å². The molecule has 154 valence electrons. The van der Waals surface area contributed by atoms with E-state index in [9.17, 15) is 9.59 Å². The molecule has 3 aromatic carbocycles. The van der Waals surface area contributed by atoms with Crippen LogP contribution in [0.1, 0.15) is 52.6 Å². The molecule has 3 rings (SSSR count). The molecule has 0 heterocycles. The summed E-state index contributed by atoms with van der Waals surface area (Å²) in [7, 11) is 1.69. The van der Waals surface area contributed by atoms with Crippen molar-refractivity contribution >= 4 is 17.6 Å². The molecular weight excluding hydrogens is 374 g/mol. The monoisotopic (exact) mass is 401 g/mol. The van der Waals surface area contributed by atoms with Gasteiger partial charge in [-0.05, 0) is 53.8 Å². The number of nitrogens with zero attached hydrogens (tertiary/aromatic N) is 1. The van der Waals surface area contributed by atoms with E-state index in [1.165, 1.54) is 4.90 Å². The number of para-hydroxylation sites is 1. The van der Waals surface area contributed by atoms with Crippen LogP contribution >= 0.6 is 0 Å². The number of carbonyl (C=O) groups excluding carboxylic acids is 2. The standard InChI is InChI=1S/C26H27NO3/c1-18-16-20(26(2,3)4)17-22(27(5)24(28)19-12-8-6-9-13-19)23(18)25(29)30-21-14-10-7-11-15-21/h6-17H,1-5H3. The van der Waals surface area contributed by atoms with Crippen LogP contribution < -0.4 is 9.64 Å². The largest absolute Gasteiger partial charge is 0.423 e. The molecule has 0 radical (unpaired) electrons. The van der Waals surface area contributed by atoms with Gasteiger partial charge in [-0.2, -0.15) is 0 Å². The lowest BCUT2D eigenvalue weighted by Gasteiger charge is -2.26. The highest BCUT2D eigenvalue weighted by molar-refractivity contribution is 6.10. The van der Waals surface area contributed by atoms with Gasteiger partial charge >= 0.3 is 5.97 Å². The summed E-state index contributed by atoms with van der Waals surface area (Å²) in [5.74, 6) is -0.207. The number of hydrogen-bond acceptors (Lipinski definition) is 3. The maximum absolute atomic E-state index is 13.1. The van der Waals surface area contributed by atoms with Crippen LogP contribution in [0, 0.1) is 6.92 Å². The third-order valence-electron chi connectivity index (χ3n) is 5.03. The maximum Gasteiger partial charge on any atom is 0.345 e. The third kappa shape index (κ3) is 4.60. The molecule has 0 saturated carbocycles. The summed E-state index contributed by atoms with van der Waals surface area (Å²) in [5, 5.41) is 0. The highest BCUT2D eigenvalue weighted by atomic mass is 16.5. The fourth-order valence-corrected chi connectivity index (χ4v) is 3.26. The van der Waals surface area contributed by atoms with Crippen molar-refractivity contribution in [1.82, 2.24) is 0 Å². The Morgan fingerprint density at radius 3 is 2.00 bits per heavy atom. The SMILES string of the molecule is Cc1cc(C(C)(C)C)cc(N(C)C(=O)c2ccccc2)c1C(=O)Oc1ccccc1. The minimum Gasteiger partial charge on any atom is -0.423 e. The van der Waals surface area contributed by atoms with E-state index < -0.39 is 5.97 Å². The van der Waals surface area contributed by atoms with Gasteiger partial charge in [-0.15, -0.1) is 0 Å². The number of aryl methyl sites for hydroxylation is 1. The zero-order chi connectivity index (χ0) is 21.9. The van der Waals surface area contributed by atoms with Crippen molar-refractivity contribution in [2.24, 2.45) is 0 Å². The molecule has 0 saturated heterocycles. The smallest absolute Gasteiger partial charge is 0.345 e. The average Bonchev–Trinajstić information content (AvgIpc) is 2.72. The molecule has 0 fully saturated rings. The van der Waals surface area contributed by atoms with Crippen LogP contribution in [0.15, 0.2) is 72.8 Å². The lowest BCUT2D eigenvalue weighted by Crippen LogP contribution is -2.29. The van der Waals surface area contributed by atoms with E-state index in [0.717, 1.165) is 11.1 Å². The molecule has 0 spiro atoms. The fraction of sp³-hybridized carbons (Fsp3) is 0.231. The normalized spacial score (nSPS) is 11.1. The summed E-state index contributed by atoms with van der Waals surface area (Å²) in [6.07, 6.45) is 0. The van der Waals surface area contributed by atoms with Gasteiger partial charge in [0.15, 0.2) is 0 Å². The zero-order valence-corrected chi connectivity index (χ0v) is 18.1. The van der Waals surface area contributed by atoms with Crippen molar-refractivity contribution in [3.63, 3.8) is 0 Å². The van der Waals surface area contributed by atoms with Crippen LogP contribution in [-0.4, -0.2) is 18.9 Å². The Bertz CT molecular complexity index is 1050. The number of hydrogen-bond donors (Lipinski definition) is 0. The first-order valence-corrected chi connectivity index (χ1v) is 9.94. The molecule has 0 aliphatic heterocycles. The van der Waals surface area contributed by atoms with E-state index in [0.29, 0.717) is 22.6 Å². The third-order valence-corrected chi connectivity index (χ3v) is 5.03. The summed E-state index contributed by atoms with van der Waals surface area (Å²) in [6, 6.07) is 21.9. The fourth-order valence-electron chi connectivity index (χ4n) is 3.26. The van der Waals surface area contributed by atoms with Crippen LogP contribution in [0.25, 0.3) is 0 Å². The Kier molecular flexibility index (Phi) is 6.06. The van der Waals surface area contributed by atoms with E-state index >= 15 is 0 Å². The Morgan fingerprint density at radius 2 is 1.43 bits per heavy atom. The number of anilines is 1. The number of carbonyl (C=O) groups is 2. The van der Waals surface area contributed by atoms with E-state index in [1.54, 1.807) is 31.3 Å². The highest BCUT2D eigenvalue weighted by Crippen LogP contribution is 2.33. The van der Waals surface area contributed by atoms with Gasteiger partial charge in [0, 0.05) is 12.6 Å². The van der Waals surface area contributed by atoms with Crippen LogP contribution in [0.5, 0.6) is 5.75 Å². The first-order chi connectivity index (χ1) is 14.2. The Hall–Kier alpha value is -3.40. The second-order valence-electron chi connectivity index (χ2n) is 8.37. The first-order valence-electron chi connectivity index (χ1n) is 9.94. The molecule has 0 aliphatic carbocycles. The van der Waals surface area contributed by atoms with Gasteiger partial charge in [-0.25, -0.2) is 4.79 Å². The Balaban J connectivity index is 2.09. The molecular formula is C26H27NO3. The van der Waals surface area contributed by atoms with Crippen molar-refractivity contribution in [2.75, 3.05) is 11.9 Å². The van der Waals surface area contributed by atoms with Gasteiger partial charge in [-0.1, -0.05) is 63.2 Å². The number of esters is 1. The molecule has 1 amide bonds. The van der Waals surface area contributed by atoms with Crippen LogP contribution in [-0.2, 0) is 5.41 Å². The van der Waals surface area contributed by atoms with Crippen molar-refractivity contribution < 1.29 is 14.3 Å². The lowest BCUT2D eigenvalue weighted by atomic mass is 9.84. The molecule has 4 heteroatoms. The van der Waals surface area contributed by atoms with E-state index in [4.69, 9.17) is 4.74 Å². The number of amides is 1. The van der Waals surface area contributed by atoms with Crippen LogP contribution in [0.2, 0.25) is 0 Å². The Labute approximate surface area is 178 Å². The topological polar surface area (TPSA) is 46.6 Å². The number of ether oxygens (including phenoxy) is 1. The summed E-state index contributed by atoms with van der Waals surface area (Å²) in [5.41, 5.74) is 3.15. The molecule has 30 heavy (non-hydrogen) atoms. The summed E-state index contributed by atoms with van der Waals surface area (Å²) >= 11 is 0. The first kappa shape index (κ1) is 21.3. The van der Waals surface area contributed by atoms with Crippen molar-refractivity contribution in [2.45, 2.75) is 33.1 Å². The molecule has 0 aromatic heterocycles. The van der Waals surface area contributed by atoms with Gasteiger partial charge in [0.05, 0.1) is 11.3 Å². The zero-order valence-electron chi connectivity index (χ0n) is 18.1. The van der Waals surface area contributed by atoms with Crippen LogP contribution in [0.4, 0.5) is 5.69 Å². The molecule has 0 N–H and O–H groups in total. The number of benzene rings is 3. The molecule has 4 nitrogen and oxygen atoms in total. The summed E-state index contributed by atoms with van der Waals surface area (Å²) < 4.78 is 5.61. The van der Waals surface area contributed by atoms with Crippen molar-refractivity contribution in [3.8, 4) is 5.75 Å². The number of rotatable bonds is 4. The van der Waals surface area contributed by atoms with Crippen molar-refractivity contribution in [1.29, 1.82) is 0 Å². The average molecular weight is 402 g/mol. The molecule has 0 bridgehead atoms. The molecule has 0 unspecified atom stereocenters. The second kappa shape index (κ2) is 8.54.